The fourth-order valence-corrected chi connectivity index (χ4v) is 11.2. The van der Waals surface area contributed by atoms with Gasteiger partial charge >= 0.3 is 0 Å². The molecule has 9 fully saturated rings. The van der Waals surface area contributed by atoms with Gasteiger partial charge in [-0.05, 0) is 142 Å². The Balaban J connectivity index is 1.25. The largest absolute Gasteiger partial charge is 0.490 e. The van der Waals surface area contributed by atoms with E-state index in [1.807, 2.05) is 0 Å². The molecule has 1 saturated heterocycles. The van der Waals surface area contributed by atoms with Gasteiger partial charge in [0.05, 0.1) is 6.61 Å². The summed E-state index contributed by atoms with van der Waals surface area (Å²) in [7, 11) is 0. The maximum atomic E-state index is 6.58. The third-order valence-corrected chi connectivity index (χ3v) is 11.4. The summed E-state index contributed by atoms with van der Waals surface area (Å²) in [5.74, 6) is 7.17. The molecule has 2 nitrogen and oxygen atoms in total. The lowest BCUT2D eigenvalue weighted by Crippen LogP contribution is -2.50. The van der Waals surface area contributed by atoms with Crippen LogP contribution in [0, 0.1) is 42.4 Å². The third-order valence-electron chi connectivity index (χ3n) is 11.4. The molecule has 1 aromatic rings. The van der Waals surface area contributed by atoms with Crippen molar-refractivity contribution in [3.63, 3.8) is 0 Å². The molecule has 172 valence electrons. The summed E-state index contributed by atoms with van der Waals surface area (Å²) in [5.41, 5.74) is 5.95. The van der Waals surface area contributed by atoms with E-state index in [-0.39, 0.29) is 0 Å². The van der Waals surface area contributed by atoms with E-state index < -0.39 is 0 Å². The average molecular weight is 433 g/mol. The minimum atomic E-state index is 0.336. The van der Waals surface area contributed by atoms with E-state index in [1.165, 1.54) is 82.8 Å². The van der Waals surface area contributed by atoms with E-state index in [9.17, 15) is 0 Å². The molecule has 0 spiro atoms. The van der Waals surface area contributed by atoms with Crippen LogP contribution >= 0.6 is 0 Å². The number of hydrogen-bond acceptors (Lipinski definition) is 2. The third kappa shape index (κ3) is 2.80. The second-order valence-corrected chi connectivity index (χ2v) is 13.8. The first-order valence-electron chi connectivity index (χ1n) is 14.0. The summed E-state index contributed by atoms with van der Waals surface area (Å²) >= 11 is 0. The number of hydrogen-bond donors (Lipinski definition) is 0. The SMILES string of the molecule is Cc1c(C23CC4CC(CC(C4)C2)C3)ccc(OCC2CO2)c1C12CC3CC(CC(C3)C1)C2. The molecular formula is C30H40O2. The second-order valence-electron chi connectivity index (χ2n) is 13.8. The lowest BCUT2D eigenvalue weighted by Gasteiger charge is -2.59. The van der Waals surface area contributed by atoms with E-state index in [0.717, 1.165) is 48.7 Å². The predicted octanol–water partition coefficient (Wildman–Crippen LogP) is 6.71. The fourth-order valence-electron chi connectivity index (χ4n) is 11.2. The average Bonchev–Trinajstić information content (AvgIpc) is 3.54. The van der Waals surface area contributed by atoms with Crippen LogP contribution in [-0.4, -0.2) is 19.3 Å². The highest BCUT2D eigenvalue weighted by Crippen LogP contribution is 2.65. The van der Waals surface area contributed by atoms with Crippen LogP contribution in [0.2, 0.25) is 0 Å². The topological polar surface area (TPSA) is 21.8 Å². The standard InChI is InChI=1S/C30H40O2/c1-18-26(29-10-19-4-20(11-29)6-21(5-19)12-29)2-3-27(32-17-25-16-31-25)28(18)30-13-22-7-23(14-30)9-24(8-22)15-30/h2-3,19-25H,4-17H2,1H3. The molecule has 10 rings (SSSR count). The Labute approximate surface area is 193 Å². The van der Waals surface area contributed by atoms with Crippen LogP contribution in [0.1, 0.15) is 93.7 Å². The molecule has 0 radical (unpaired) electrons. The van der Waals surface area contributed by atoms with Gasteiger partial charge in [-0.3, -0.25) is 0 Å². The Hall–Kier alpha value is -1.02. The van der Waals surface area contributed by atoms with Gasteiger partial charge in [0.25, 0.3) is 0 Å². The van der Waals surface area contributed by atoms with Gasteiger partial charge in [-0.2, -0.15) is 0 Å². The molecule has 0 N–H and O–H groups in total. The lowest BCUT2D eigenvalue weighted by atomic mass is 9.46. The molecular weight excluding hydrogens is 392 g/mol. The smallest absolute Gasteiger partial charge is 0.123 e. The Morgan fingerprint density at radius 1 is 0.750 bits per heavy atom. The van der Waals surface area contributed by atoms with Gasteiger partial charge in [-0.15, -0.1) is 0 Å². The van der Waals surface area contributed by atoms with Crippen molar-refractivity contribution < 1.29 is 9.47 Å². The second kappa shape index (κ2) is 6.55. The van der Waals surface area contributed by atoms with Crippen molar-refractivity contribution in [2.45, 2.75) is 101 Å². The van der Waals surface area contributed by atoms with E-state index in [1.54, 1.807) is 16.7 Å². The van der Waals surface area contributed by atoms with Crippen LogP contribution in [0.5, 0.6) is 5.75 Å². The Morgan fingerprint density at radius 2 is 1.22 bits per heavy atom. The lowest BCUT2D eigenvalue weighted by molar-refractivity contribution is -0.00977. The van der Waals surface area contributed by atoms with Crippen LogP contribution in [-0.2, 0) is 15.6 Å². The Morgan fingerprint density at radius 3 is 1.69 bits per heavy atom. The molecule has 8 bridgehead atoms. The van der Waals surface area contributed by atoms with Gasteiger partial charge in [0, 0.05) is 11.0 Å². The summed E-state index contributed by atoms with van der Waals surface area (Å²) in [4.78, 5) is 0. The summed E-state index contributed by atoms with van der Waals surface area (Å²) < 4.78 is 12.1. The van der Waals surface area contributed by atoms with Crippen molar-refractivity contribution in [3.05, 3.63) is 28.8 Å². The zero-order chi connectivity index (χ0) is 21.1. The van der Waals surface area contributed by atoms with Crippen molar-refractivity contribution in [1.82, 2.24) is 0 Å². The summed E-state index contributed by atoms with van der Waals surface area (Å²) in [6.07, 6.45) is 18.2. The van der Waals surface area contributed by atoms with Crippen LogP contribution in [0.4, 0.5) is 0 Å². The van der Waals surface area contributed by atoms with Crippen molar-refractivity contribution in [1.29, 1.82) is 0 Å². The predicted molar refractivity (Wildman–Crippen MR) is 126 cm³/mol. The van der Waals surface area contributed by atoms with Gasteiger partial charge in [0.2, 0.25) is 0 Å². The van der Waals surface area contributed by atoms with Gasteiger partial charge in [0.1, 0.15) is 18.5 Å². The van der Waals surface area contributed by atoms with Gasteiger partial charge < -0.3 is 9.47 Å². The molecule has 1 aromatic carbocycles. The monoisotopic (exact) mass is 432 g/mol. The summed E-state index contributed by atoms with van der Waals surface area (Å²) in [6.45, 7) is 4.15. The first-order valence-corrected chi connectivity index (χ1v) is 14.0. The van der Waals surface area contributed by atoms with Gasteiger partial charge in [0.15, 0.2) is 0 Å². The molecule has 1 atom stereocenters. The molecule has 1 heterocycles. The zero-order valence-electron chi connectivity index (χ0n) is 19.9. The molecule has 32 heavy (non-hydrogen) atoms. The molecule has 8 saturated carbocycles. The Bertz CT molecular complexity index is 870. The highest BCUT2D eigenvalue weighted by molar-refractivity contribution is 5.53. The van der Waals surface area contributed by atoms with E-state index in [4.69, 9.17) is 9.47 Å². The highest BCUT2D eigenvalue weighted by Gasteiger charge is 2.55. The first kappa shape index (κ1) is 19.3. The highest BCUT2D eigenvalue weighted by atomic mass is 16.6. The number of benzene rings is 1. The van der Waals surface area contributed by atoms with Gasteiger partial charge in [-0.1, -0.05) is 6.07 Å². The maximum absolute atomic E-state index is 6.58. The van der Waals surface area contributed by atoms with Gasteiger partial charge in [-0.25, -0.2) is 0 Å². The molecule has 8 aliphatic carbocycles. The van der Waals surface area contributed by atoms with Crippen molar-refractivity contribution >= 4 is 0 Å². The van der Waals surface area contributed by atoms with E-state index in [0.29, 0.717) is 16.9 Å². The van der Waals surface area contributed by atoms with Crippen molar-refractivity contribution in [2.75, 3.05) is 13.2 Å². The van der Waals surface area contributed by atoms with Crippen LogP contribution in [0.3, 0.4) is 0 Å². The molecule has 0 amide bonds. The van der Waals surface area contributed by atoms with Crippen molar-refractivity contribution in [3.8, 4) is 5.75 Å². The molecule has 1 unspecified atom stereocenters. The molecule has 2 heteroatoms. The van der Waals surface area contributed by atoms with Crippen LogP contribution in [0.25, 0.3) is 0 Å². The summed E-state index contributed by atoms with van der Waals surface area (Å²) in [5, 5.41) is 0. The summed E-state index contributed by atoms with van der Waals surface area (Å²) in [6, 6.07) is 4.97. The number of ether oxygens (including phenoxy) is 2. The number of epoxide rings is 1. The first-order chi connectivity index (χ1) is 15.6. The minimum Gasteiger partial charge on any atom is -0.490 e. The van der Waals surface area contributed by atoms with E-state index >= 15 is 0 Å². The van der Waals surface area contributed by atoms with Crippen LogP contribution < -0.4 is 4.74 Å². The normalized spacial score (nSPS) is 49.6. The quantitative estimate of drug-likeness (QED) is 0.482. The Kier molecular flexibility index (Phi) is 3.95. The minimum absolute atomic E-state index is 0.336. The molecule has 0 aromatic heterocycles. The van der Waals surface area contributed by atoms with Crippen LogP contribution in [0.15, 0.2) is 12.1 Å². The number of rotatable bonds is 5. The molecule has 9 aliphatic rings. The maximum Gasteiger partial charge on any atom is 0.123 e. The van der Waals surface area contributed by atoms with E-state index in [2.05, 4.69) is 19.1 Å². The zero-order valence-corrected chi connectivity index (χ0v) is 19.9. The fraction of sp³-hybridized carbons (Fsp3) is 0.800. The molecule has 1 aliphatic heterocycles. The van der Waals surface area contributed by atoms with Crippen molar-refractivity contribution in [2.24, 2.45) is 35.5 Å².